The number of benzene rings is 1. The number of hydrogen-bond donors (Lipinski definition) is 2. The highest BCUT2D eigenvalue weighted by Gasteiger charge is 2.36. The van der Waals surface area contributed by atoms with Crippen molar-refractivity contribution in [1.82, 2.24) is 5.16 Å². The lowest BCUT2D eigenvalue weighted by Crippen LogP contribution is -2.41. The molecular formula is C15H16BrN3O3. The van der Waals surface area contributed by atoms with Gasteiger partial charge in [0.15, 0.2) is 5.82 Å². The van der Waals surface area contributed by atoms with Crippen LogP contribution in [0.4, 0.5) is 11.5 Å². The van der Waals surface area contributed by atoms with E-state index < -0.39 is 17.2 Å². The average molecular weight is 366 g/mol. The summed E-state index contributed by atoms with van der Waals surface area (Å²) >= 11 is 3.35. The molecule has 0 saturated heterocycles. The van der Waals surface area contributed by atoms with Crippen LogP contribution in [0.5, 0.6) is 0 Å². The Morgan fingerprint density at radius 2 is 1.82 bits per heavy atom. The van der Waals surface area contributed by atoms with Gasteiger partial charge in [-0.25, -0.2) is 0 Å². The molecule has 0 atom stereocenters. The molecule has 2 amide bonds. The van der Waals surface area contributed by atoms with E-state index in [1.54, 1.807) is 45.0 Å². The Balaban J connectivity index is 2.09. The van der Waals surface area contributed by atoms with Gasteiger partial charge in [-0.15, -0.1) is 0 Å². The van der Waals surface area contributed by atoms with Crippen molar-refractivity contribution in [2.75, 3.05) is 10.6 Å². The van der Waals surface area contributed by atoms with E-state index in [-0.39, 0.29) is 5.82 Å². The second-order valence-corrected chi connectivity index (χ2v) is 6.19. The first-order valence-electron chi connectivity index (χ1n) is 6.61. The van der Waals surface area contributed by atoms with Crippen LogP contribution >= 0.6 is 15.9 Å². The highest BCUT2D eigenvalue weighted by Crippen LogP contribution is 2.25. The topological polar surface area (TPSA) is 84.2 Å². The first kappa shape index (κ1) is 16.2. The largest absolute Gasteiger partial charge is 0.360 e. The molecule has 2 rings (SSSR count). The van der Waals surface area contributed by atoms with Gasteiger partial charge >= 0.3 is 0 Å². The Labute approximate surface area is 136 Å². The maximum absolute atomic E-state index is 12.4. The molecular weight excluding hydrogens is 350 g/mol. The second-order valence-electron chi connectivity index (χ2n) is 5.34. The number of nitrogens with zero attached hydrogens (tertiary/aromatic N) is 1. The van der Waals surface area contributed by atoms with Gasteiger partial charge in [0.2, 0.25) is 11.8 Å². The molecule has 2 N–H and O–H groups in total. The lowest BCUT2D eigenvalue weighted by molar-refractivity contribution is -0.135. The highest BCUT2D eigenvalue weighted by molar-refractivity contribution is 9.10. The molecule has 0 saturated carbocycles. The SMILES string of the molecule is Cc1cc(NC(=O)C(C)(C)C(=O)Nc2ccccc2Br)no1. The van der Waals surface area contributed by atoms with Crippen molar-refractivity contribution in [1.29, 1.82) is 0 Å². The van der Waals surface area contributed by atoms with Gasteiger partial charge in [0, 0.05) is 10.5 Å². The van der Waals surface area contributed by atoms with Crippen molar-refractivity contribution < 1.29 is 14.1 Å². The molecule has 116 valence electrons. The fourth-order valence-corrected chi connectivity index (χ4v) is 2.03. The summed E-state index contributed by atoms with van der Waals surface area (Å²) in [6.45, 7) is 4.80. The summed E-state index contributed by atoms with van der Waals surface area (Å²) in [6.07, 6.45) is 0. The molecule has 0 fully saturated rings. The average Bonchev–Trinajstić information content (AvgIpc) is 2.86. The van der Waals surface area contributed by atoms with Crippen LogP contribution in [0.2, 0.25) is 0 Å². The molecule has 22 heavy (non-hydrogen) atoms. The highest BCUT2D eigenvalue weighted by atomic mass is 79.9. The summed E-state index contributed by atoms with van der Waals surface area (Å²) in [7, 11) is 0. The van der Waals surface area contributed by atoms with Gasteiger partial charge in [0.05, 0.1) is 5.69 Å². The first-order valence-corrected chi connectivity index (χ1v) is 7.41. The van der Waals surface area contributed by atoms with Gasteiger partial charge in [-0.3, -0.25) is 9.59 Å². The van der Waals surface area contributed by atoms with Crippen LogP contribution in [0.3, 0.4) is 0 Å². The number of aromatic nitrogens is 1. The van der Waals surface area contributed by atoms with Crippen molar-refractivity contribution in [2.24, 2.45) is 5.41 Å². The van der Waals surface area contributed by atoms with Gasteiger partial charge in [-0.05, 0) is 48.8 Å². The zero-order chi connectivity index (χ0) is 16.3. The van der Waals surface area contributed by atoms with Crippen LogP contribution in [-0.4, -0.2) is 17.0 Å². The second kappa shape index (κ2) is 6.31. The minimum atomic E-state index is -1.28. The van der Waals surface area contributed by atoms with Crippen molar-refractivity contribution in [3.8, 4) is 0 Å². The van der Waals surface area contributed by atoms with Crippen LogP contribution in [0.25, 0.3) is 0 Å². The molecule has 0 aliphatic heterocycles. The predicted octanol–water partition coefficient (Wildman–Crippen LogP) is 3.35. The molecule has 0 aliphatic carbocycles. The molecule has 1 heterocycles. The fraction of sp³-hybridized carbons (Fsp3) is 0.267. The van der Waals surface area contributed by atoms with E-state index in [9.17, 15) is 9.59 Å². The number of carbonyl (C=O) groups excluding carboxylic acids is 2. The van der Waals surface area contributed by atoms with Gasteiger partial charge in [-0.1, -0.05) is 17.3 Å². The van der Waals surface area contributed by atoms with Crippen molar-refractivity contribution >= 4 is 39.2 Å². The van der Waals surface area contributed by atoms with E-state index in [2.05, 4.69) is 31.7 Å². The molecule has 6 nitrogen and oxygen atoms in total. The summed E-state index contributed by atoms with van der Waals surface area (Å²) in [5.41, 5.74) is -0.673. The molecule has 0 unspecified atom stereocenters. The van der Waals surface area contributed by atoms with Gasteiger partial charge in [0.25, 0.3) is 0 Å². The van der Waals surface area contributed by atoms with Gasteiger partial charge in [0.1, 0.15) is 11.2 Å². The minimum absolute atomic E-state index is 0.282. The van der Waals surface area contributed by atoms with E-state index >= 15 is 0 Å². The maximum atomic E-state index is 12.4. The molecule has 0 radical (unpaired) electrons. The molecule has 1 aromatic heterocycles. The normalized spacial score (nSPS) is 11.1. The number of hydrogen-bond acceptors (Lipinski definition) is 4. The standard InChI is InChI=1S/C15H16BrN3O3/c1-9-8-12(19-22-9)18-14(21)15(2,3)13(20)17-11-7-5-4-6-10(11)16/h4-8H,1-3H3,(H,17,20)(H,18,19,21). The van der Waals surface area contributed by atoms with E-state index in [1.165, 1.54) is 0 Å². The molecule has 0 aliphatic rings. The molecule has 0 spiro atoms. The van der Waals surface area contributed by atoms with E-state index in [0.29, 0.717) is 11.4 Å². The van der Waals surface area contributed by atoms with Gasteiger partial charge in [-0.2, -0.15) is 0 Å². The van der Waals surface area contributed by atoms with Crippen molar-refractivity contribution in [3.63, 3.8) is 0 Å². The molecule has 2 aromatic rings. The predicted molar refractivity (Wildman–Crippen MR) is 86.4 cm³/mol. The van der Waals surface area contributed by atoms with E-state index in [1.807, 2.05) is 6.07 Å². The van der Waals surface area contributed by atoms with E-state index in [4.69, 9.17) is 4.52 Å². The van der Waals surface area contributed by atoms with Crippen LogP contribution in [0.15, 0.2) is 39.3 Å². The summed E-state index contributed by atoms with van der Waals surface area (Å²) in [5.74, 6) is -0.0301. The quantitative estimate of drug-likeness (QED) is 0.813. The third-order valence-electron chi connectivity index (χ3n) is 3.13. The lowest BCUT2D eigenvalue weighted by Gasteiger charge is -2.22. The smallest absolute Gasteiger partial charge is 0.240 e. The number of nitrogens with one attached hydrogen (secondary N) is 2. The Kier molecular flexibility index (Phi) is 4.65. The first-order chi connectivity index (χ1) is 10.3. The zero-order valence-corrected chi connectivity index (χ0v) is 14.0. The number of anilines is 2. The Morgan fingerprint density at radius 1 is 1.18 bits per heavy atom. The Morgan fingerprint density at radius 3 is 2.41 bits per heavy atom. The Hall–Kier alpha value is -2.15. The molecule has 0 bridgehead atoms. The number of para-hydroxylation sites is 1. The third kappa shape index (κ3) is 3.54. The maximum Gasteiger partial charge on any atom is 0.240 e. The Bertz CT molecular complexity index is 710. The van der Waals surface area contributed by atoms with Crippen LogP contribution in [-0.2, 0) is 9.59 Å². The third-order valence-corrected chi connectivity index (χ3v) is 3.82. The van der Waals surface area contributed by atoms with Crippen LogP contribution < -0.4 is 10.6 Å². The number of halogens is 1. The van der Waals surface area contributed by atoms with E-state index in [0.717, 1.165) is 4.47 Å². The minimum Gasteiger partial charge on any atom is -0.360 e. The fourth-order valence-electron chi connectivity index (χ4n) is 1.64. The van der Waals surface area contributed by atoms with Crippen LogP contribution in [0, 0.1) is 12.3 Å². The van der Waals surface area contributed by atoms with Crippen LogP contribution in [0.1, 0.15) is 19.6 Å². The van der Waals surface area contributed by atoms with Crippen molar-refractivity contribution in [3.05, 3.63) is 40.6 Å². The summed E-state index contributed by atoms with van der Waals surface area (Å²) < 4.78 is 5.62. The molecule has 1 aromatic carbocycles. The number of aryl methyl sites for hydroxylation is 1. The van der Waals surface area contributed by atoms with Gasteiger partial charge < -0.3 is 15.2 Å². The number of carbonyl (C=O) groups is 2. The summed E-state index contributed by atoms with van der Waals surface area (Å²) in [6, 6.07) is 8.77. The number of rotatable bonds is 4. The molecule has 7 heteroatoms. The zero-order valence-electron chi connectivity index (χ0n) is 12.4. The summed E-state index contributed by atoms with van der Waals surface area (Å²) in [5, 5.41) is 8.98. The monoisotopic (exact) mass is 365 g/mol. The lowest BCUT2D eigenvalue weighted by atomic mass is 9.91. The number of amides is 2. The summed E-state index contributed by atoms with van der Waals surface area (Å²) in [4.78, 5) is 24.7. The van der Waals surface area contributed by atoms with Crippen molar-refractivity contribution in [2.45, 2.75) is 20.8 Å².